The van der Waals surface area contributed by atoms with Crippen LogP contribution in [0.5, 0.6) is 11.5 Å². The van der Waals surface area contributed by atoms with Gasteiger partial charge in [0.05, 0.1) is 12.0 Å². The second-order valence-electron chi connectivity index (χ2n) is 3.98. The lowest BCUT2D eigenvalue weighted by Gasteiger charge is -2.14. The number of benzene rings is 2. The van der Waals surface area contributed by atoms with E-state index < -0.39 is 11.7 Å². The van der Waals surface area contributed by atoms with Crippen LogP contribution < -0.4 is 4.74 Å². The summed E-state index contributed by atoms with van der Waals surface area (Å²) in [4.78, 5) is 0. The monoisotopic (exact) mass is 275 g/mol. The Kier molecular flexibility index (Phi) is 3.99. The van der Waals surface area contributed by atoms with Crippen LogP contribution in [0.4, 0.5) is 13.2 Å². The van der Waals surface area contributed by atoms with Gasteiger partial charge in [0, 0.05) is 0 Å². The van der Waals surface area contributed by atoms with Crippen molar-refractivity contribution in [2.45, 2.75) is 6.18 Å². The average Bonchev–Trinajstić information content (AvgIpc) is 2.39. The molecule has 0 bridgehead atoms. The molecule has 0 heterocycles. The third-order valence-electron chi connectivity index (χ3n) is 2.53. The predicted molar refractivity (Wildman–Crippen MR) is 70.2 cm³/mol. The second-order valence-corrected chi connectivity index (χ2v) is 3.98. The van der Waals surface area contributed by atoms with E-state index in [1.807, 2.05) is 0 Å². The normalized spacial score (nSPS) is 10.9. The van der Waals surface area contributed by atoms with Crippen LogP contribution in [0.3, 0.4) is 0 Å². The van der Waals surface area contributed by atoms with E-state index >= 15 is 0 Å². The molecule has 0 aliphatic heterocycles. The first-order valence-electron chi connectivity index (χ1n) is 5.74. The SMILES string of the molecule is C#C[CH]c1ccc(C(F)(F)F)c(Oc2ccccc2)c1. The summed E-state index contributed by atoms with van der Waals surface area (Å²) >= 11 is 0. The molecule has 0 fully saturated rings. The zero-order chi connectivity index (χ0) is 14.6. The van der Waals surface area contributed by atoms with E-state index in [2.05, 4.69) is 5.92 Å². The summed E-state index contributed by atoms with van der Waals surface area (Å²) in [6.07, 6.45) is 2.00. The lowest BCUT2D eigenvalue weighted by molar-refractivity contribution is -0.138. The summed E-state index contributed by atoms with van der Waals surface area (Å²) in [5.74, 6) is 2.33. The van der Waals surface area contributed by atoms with Crippen molar-refractivity contribution in [1.29, 1.82) is 0 Å². The van der Waals surface area contributed by atoms with E-state index in [1.165, 1.54) is 18.6 Å². The number of hydrogen-bond donors (Lipinski definition) is 0. The summed E-state index contributed by atoms with van der Waals surface area (Å²) in [6.45, 7) is 0. The number of hydrogen-bond acceptors (Lipinski definition) is 1. The maximum atomic E-state index is 12.9. The van der Waals surface area contributed by atoms with Crippen LogP contribution in [0.1, 0.15) is 11.1 Å². The molecule has 2 aromatic rings. The van der Waals surface area contributed by atoms with Gasteiger partial charge in [0.25, 0.3) is 0 Å². The highest BCUT2D eigenvalue weighted by molar-refractivity contribution is 5.46. The van der Waals surface area contributed by atoms with Gasteiger partial charge in [0.15, 0.2) is 0 Å². The molecule has 0 saturated heterocycles. The minimum Gasteiger partial charge on any atom is -0.457 e. The van der Waals surface area contributed by atoms with Gasteiger partial charge in [-0.3, -0.25) is 0 Å². The Morgan fingerprint density at radius 2 is 1.75 bits per heavy atom. The van der Waals surface area contributed by atoms with Gasteiger partial charge in [-0.25, -0.2) is 0 Å². The fraction of sp³-hybridized carbons (Fsp3) is 0.0625. The van der Waals surface area contributed by atoms with Gasteiger partial charge in [0.2, 0.25) is 0 Å². The van der Waals surface area contributed by atoms with E-state index in [4.69, 9.17) is 11.2 Å². The van der Waals surface area contributed by atoms with Gasteiger partial charge in [-0.05, 0) is 29.8 Å². The Morgan fingerprint density at radius 1 is 1.05 bits per heavy atom. The highest BCUT2D eigenvalue weighted by atomic mass is 19.4. The summed E-state index contributed by atoms with van der Waals surface area (Å²) < 4.78 is 44.1. The molecule has 0 N–H and O–H groups in total. The standard InChI is InChI=1S/C16H10F3O/c1-2-6-12-9-10-14(16(17,18)19)15(11-12)20-13-7-4-3-5-8-13/h1,3-11H. The molecule has 0 spiro atoms. The molecule has 101 valence electrons. The van der Waals surface area contributed by atoms with Crippen LogP contribution in [0, 0.1) is 18.8 Å². The van der Waals surface area contributed by atoms with Crippen molar-refractivity contribution < 1.29 is 17.9 Å². The van der Waals surface area contributed by atoms with Crippen molar-refractivity contribution in [3.05, 3.63) is 66.1 Å². The molecule has 0 aliphatic carbocycles. The summed E-state index contributed by atoms with van der Waals surface area (Å²) in [5.41, 5.74) is -0.359. The van der Waals surface area contributed by atoms with Gasteiger partial charge >= 0.3 is 6.18 Å². The predicted octanol–water partition coefficient (Wildman–Crippen LogP) is 4.68. The molecule has 1 radical (unpaired) electrons. The van der Waals surface area contributed by atoms with E-state index in [0.29, 0.717) is 11.3 Å². The number of alkyl halides is 3. The number of para-hydroxylation sites is 1. The zero-order valence-electron chi connectivity index (χ0n) is 10.3. The Morgan fingerprint density at radius 3 is 2.35 bits per heavy atom. The van der Waals surface area contributed by atoms with Gasteiger partial charge in [-0.15, -0.1) is 6.42 Å². The quantitative estimate of drug-likeness (QED) is 0.739. The van der Waals surface area contributed by atoms with Crippen molar-refractivity contribution in [3.63, 3.8) is 0 Å². The van der Waals surface area contributed by atoms with E-state index in [-0.39, 0.29) is 5.75 Å². The van der Waals surface area contributed by atoms with E-state index in [1.54, 1.807) is 30.3 Å². The van der Waals surface area contributed by atoms with E-state index in [9.17, 15) is 13.2 Å². The Balaban J connectivity index is 2.42. The Hall–Kier alpha value is -2.41. The summed E-state index contributed by atoms with van der Waals surface area (Å²) in [6, 6.07) is 11.8. The maximum absolute atomic E-state index is 12.9. The first-order chi connectivity index (χ1) is 9.50. The minimum absolute atomic E-state index is 0.271. The smallest absolute Gasteiger partial charge is 0.419 e. The minimum atomic E-state index is -4.49. The number of ether oxygens (including phenoxy) is 1. The molecule has 0 unspecified atom stereocenters. The molecule has 4 heteroatoms. The molecule has 0 atom stereocenters. The number of rotatable bonds is 3. The lowest BCUT2D eigenvalue weighted by Crippen LogP contribution is -2.07. The number of halogens is 3. The van der Waals surface area contributed by atoms with Crippen LogP contribution in [-0.2, 0) is 6.18 Å². The molecule has 0 amide bonds. The molecule has 1 nitrogen and oxygen atoms in total. The van der Waals surface area contributed by atoms with Crippen LogP contribution in [0.25, 0.3) is 0 Å². The van der Waals surface area contributed by atoms with Gasteiger partial charge < -0.3 is 4.74 Å². The van der Waals surface area contributed by atoms with Crippen LogP contribution >= 0.6 is 0 Å². The van der Waals surface area contributed by atoms with Crippen LogP contribution in [-0.4, -0.2) is 0 Å². The molecule has 0 aromatic heterocycles. The van der Waals surface area contributed by atoms with Crippen molar-refractivity contribution in [2.75, 3.05) is 0 Å². The van der Waals surface area contributed by atoms with Gasteiger partial charge in [-0.2, -0.15) is 13.2 Å². The van der Waals surface area contributed by atoms with E-state index in [0.717, 1.165) is 6.07 Å². The van der Waals surface area contributed by atoms with Crippen molar-refractivity contribution in [2.24, 2.45) is 0 Å². The first kappa shape index (κ1) is 14.0. The van der Waals surface area contributed by atoms with Gasteiger partial charge in [-0.1, -0.05) is 30.2 Å². The highest BCUT2D eigenvalue weighted by Crippen LogP contribution is 2.38. The topological polar surface area (TPSA) is 9.23 Å². The Labute approximate surface area is 115 Å². The fourth-order valence-electron chi connectivity index (χ4n) is 1.66. The lowest BCUT2D eigenvalue weighted by atomic mass is 10.1. The fourth-order valence-corrected chi connectivity index (χ4v) is 1.66. The summed E-state index contributed by atoms with van der Waals surface area (Å²) in [7, 11) is 0. The zero-order valence-corrected chi connectivity index (χ0v) is 10.3. The van der Waals surface area contributed by atoms with Gasteiger partial charge in [0.1, 0.15) is 11.5 Å². The van der Waals surface area contributed by atoms with Crippen molar-refractivity contribution in [3.8, 4) is 23.8 Å². The average molecular weight is 275 g/mol. The maximum Gasteiger partial charge on any atom is 0.419 e. The summed E-state index contributed by atoms with van der Waals surface area (Å²) in [5, 5.41) is 0. The van der Waals surface area contributed by atoms with Crippen LogP contribution in [0.2, 0.25) is 0 Å². The number of terminal acetylenes is 1. The first-order valence-corrected chi connectivity index (χ1v) is 5.74. The molecule has 2 rings (SSSR count). The third-order valence-corrected chi connectivity index (χ3v) is 2.53. The van der Waals surface area contributed by atoms with Crippen LogP contribution in [0.15, 0.2) is 48.5 Å². The largest absolute Gasteiger partial charge is 0.457 e. The molecule has 0 aliphatic rings. The molecular weight excluding hydrogens is 265 g/mol. The molecule has 2 aromatic carbocycles. The van der Waals surface area contributed by atoms with Crippen molar-refractivity contribution >= 4 is 0 Å². The van der Waals surface area contributed by atoms with Crippen molar-refractivity contribution in [1.82, 2.24) is 0 Å². The molecule has 0 saturated carbocycles. The molecular formula is C16H10F3O. The Bertz CT molecular complexity index is 624. The second kappa shape index (κ2) is 5.70. The third kappa shape index (κ3) is 3.33. The highest BCUT2D eigenvalue weighted by Gasteiger charge is 2.34. The molecule has 20 heavy (non-hydrogen) atoms.